The molecule has 0 unspecified atom stereocenters. The third-order valence-corrected chi connectivity index (χ3v) is 3.31. The standard InChI is InChI=1S/C12H20N2O/c1-4-14(10(2)3)11(15)12(9-13)7-5-6-8-12/h10H,4-8H2,1-3H3. The summed E-state index contributed by atoms with van der Waals surface area (Å²) in [6.07, 6.45) is 3.50. The number of hydrogen-bond acceptors (Lipinski definition) is 2. The van der Waals surface area contributed by atoms with Crippen molar-refractivity contribution in [2.24, 2.45) is 5.41 Å². The number of rotatable bonds is 3. The van der Waals surface area contributed by atoms with E-state index >= 15 is 0 Å². The van der Waals surface area contributed by atoms with E-state index < -0.39 is 5.41 Å². The fourth-order valence-corrected chi connectivity index (χ4v) is 2.37. The molecule has 1 fully saturated rings. The van der Waals surface area contributed by atoms with Crippen LogP contribution >= 0.6 is 0 Å². The second kappa shape index (κ2) is 4.65. The normalized spacial score (nSPS) is 18.9. The van der Waals surface area contributed by atoms with Gasteiger partial charge in [0, 0.05) is 12.6 Å². The highest BCUT2D eigenvalue weighted by Crippen LogP contribution is 2.39. The number of carbonyl (C=O) groups excluding carboxylic acids is 1. The highest BCUT2D eigenvalue weighted by atomic mass is 16.2. The largest absolute Gasteiger partial charge is 0.339 e. The second-order valence-electron chi connectivity index (χ2n) is 4.59. The molecule has 0 spiro atoms. The van der Waals surface area contributed by atoms with Crippen molar-refractivity contribution in [3.8, 4) is 6.07 Å². The average molecular weight is 208 g/mol. The van der Waals surface area contributed by atoms with Gasteiger partial charge in [-0.25, -0.2) is 0 Å². The van der Waals surface area contributed by atoms with E-state index in [0.29, 0.717) is 6.54 Å². The first-order valence-corrected chi connectivity index (χ1v) is 5.79. The molecule has 0 aromatic rings. The quantitative estimate of drug-likeness (QED) is 0.714. The van der Waals surface area contributed by atoms with Gasteiger partial charge < -0.3 is 4.90 Å². The minimum absolute atomic E-state index is 0.0417. The Morgan fingerprint density at radius 2 is 2.00 bits per heavy atom. The third kappa shape index (κ3) is 2.14. The Kier molecular flexibility index (Phi) is 3.73. The third-order valence-electron chi connectivity index (χ3n) is 3.31. The molecule has 0 bridgehead atoms. The van der Waals surface area contributed by atoms with E-state index in [9.17, 15) is 10.1 Å². The Morgan fingerprint density at radius 1 is 1.47 bits per heavy atom. The van der Waals surface area contributed by atoms with Gasteiger partial charge in [-0.2, -0.15) is 5.26 Å². The van der Waals surface area contributed by atoms with Crippen LogP contribution in [0.1, 0.15) is 46.5 Å². The Labute approximate surface area is 92.1 Å². The summed E-state index contributed by atoms with van der Waals surface area (Å²) in [5, 5.41) is 9.22. The van der Waals surface area contributed by atoms with Gasteiger partial charge in [0.2, 0.25) is 5.91 Å². The maximum atomic E-state index is 12.3. The van der Waals surface area contributed by atoms with Gasteiger partial charge in [0.05, 0.1) is 6.07 Å². The molecule has 0 aliphatic heterocycles. The molecule has 3 nitrogen and oxygen atoms in total. The molecule has 1 saturated carbocycles. The van der Waals surface area contributed by atoms with Crippen molar-refractivity contribution in [2.45, 2.75) is 52.5 Å². The van der Waals surface area contributed by atoms with Crippen molar-refractivity contribution in [1.82, 2.24) is 4.90 Å². The lowest BCUT2D eigenvalue weighted by atomic mass is 9.86. The Morgan fingerprint density at radius 3 is 2.33 bits per heavy atom. The second-order valence-corrected chi connectivity index (χ2v) is 4.59. The molecule has 0 heterocycles. The van der Waals surface area contributed by atoms with Crippen molar-refractivity contribution in [3.05, 3.63) is 0 Å². The molecule has 1 aliphatic rings. The van der Waals surface area contributed by atoms with Gasteiger partial charge in [-0.3, -0.25) is 4.79 Å². The first kappa shape index (κ1) is 12.0. The van der Waals surface area contributed by atoms with Gasteiger partial charge in [0.15, 0.2) is 0 Å². The van der Waals surface area contributed by atoms with Gasteiger partial charge in [-0.15, -0.1) is 0 Å². The molecule has 0 aromatic heterocycles. The van der Waals surface area contributed by atoms with Gasteiger partial charge in [-0.1, -0.05) is 12.8 Å². The van der Waals surface area contributed by atoms with E-state index in [1.807, 2.05) is 25.7 Å². The van der Waals surface area contributed by atoms with E-state index in [0.717, 1.165) is 25.7 Å². The van der Waals surface area contributed by atoms with Crippen LogP contribution in [0.5, 0.6) is 0 Å². The molecule has 1 aliphatic carbocycles. The smallest absolute Gasteiger partial charge is 0.243 e. The Bertz CT molecular complexity index is 272. The zero-order valence-electron chi connectivity index (χ0n) is 9.92. The van der Waals surface area contributed by atoms with E-state index in [2.05, 4.69) is 6.07 Å². The summed E-state index contributed by atoms with van der Waals surface area (Å²) in [6.45, 7) is 6.67. The molecule has 1 rings (SSSR count). The summed E-state index contributed by atoms with van der Waals surface area (Å²) < 4.78 is 0. The van der Waals surface area contributed by atoms with Gasteiger partial charge in [0.1, 0.15) is 5.41 Å². The van der Waals surface area contributed by atoms with Gasteiger partial charge in [-0.05, 0) is 33.6 Å². The van der Waals surface area contributed by atoms with Crippen LogP contribution in [-0.4, -0.2) is 23.4 Å². The van der Waals surface area contributed by atoms with Crippen molar-refractivity contribution < 1.29 is 4.79 Å². The molecular weight excluding hydrogens is 188 g/mol. The molecule has 0 atom stereocenters. The summed E-state index contributed by atoms with van der Waals surface area (Å²) in [5.41, 5.74) is -0.708. The van der Waals surface area contributed by atoms with Crippen LogP contribution in [0.25, 0.3) is 0 Å². The SMILES string of the molecule is CCN(C(=O)C1(C#N)CCCC1)C(C)C. The van der Waals surface area contributed by atoms with Crippen LogP contribution < -0.4 is 0 Å². The Balaban J connectivity index is 2.86. The van der Waals surface area contributed by atoms with E-state index in [1.54, 1.807) is 0 Å². The topological polar surface area (TPSA) is 44.1 Å². The molecule has 0 saturated heterocycles. The minimum Gasteiger partial charge on any atom is -0.339 e. The van der Waals surface area contributed by atoms with Crippen LogP contribution in [0.4, 0.5) is 0 Å². The summed E-state index contributed by atoms with van der Waals surface area (Å²) in [6, 6.07) is 2.44. The highest BCUT2D eigenvalue weighted by molar-refractivity contribution is 5.86. The summed E-state index contributed by atoms with van der Waals surface area (Å²) in [7, 11) is 0. The molecule has 0 N–H and O–H groups in total. The predicted molar refractivity (Wildman–Crippen MR) is 59.0 cm³/mol. The van der Waals surface area contributed by atoms with Gasteiger partial charge in [0.25, 0.3) is 0 Å². The first-order chi connectivity index (χ1) is 7.07. The van der Waals surface area contributed by atoms with E-state index in [1.165, 1.54) is 0 Å². The maximum absolute atomic E-state index is 12.3. The lowest BCUT2D eigenvalue weighted by Gasteiger charge is -2.31. The highest BCUT2D eigenvalue weighted by Gasteiger charge is 2.44. The molecule has 3 heteroatoms. The summed E-state index contributed by atoms with van der Waals surface area (Å²) in [4.78, 5) is 14.1. The Hall–Kier alpha value is -1.04. The number of amides is 1. The monoisotopic (exact) mass is 208 g/mol. The number of nitriles is 1. The van der Waals surface area contributed by atoms with Crippen LogP contribution in [0.15, 0.2) is 0 Å². The minimum atomic E-state index is -0.708. The zero-order chi connectivity index (χ0) is 11.5. The zero-order valence-corrected chi connectivity index (χ0v) is 9.92. The first-order valence-electron chi connectivity index (χ1n) is 5.79. The van der Waals surface area contributed by atoms with Crippen LogP contribution in [-0.2, 0) is 4.79 Å². The van der Waals surface area contributed by atoms with Crippen molar-refractivity contribution >= 4 is 5.91 Å². The van der Waals surface area contributed by atoms with Crippen LogP contribution in [0, 0.1) is 16.7 Å². The van der Waals surface area contributed by atoms with Crippen LogP contribution in [0.2, 0.25) is 0 Å². The molecule has 1 amide bonds. The summed E-state index contributed by atoms with van der Waals surface area (Å²) in [5.74, 6) is 0.0417. The van der Waals surface area contributed by atoms with E-state index in [-0.39, 0.29) is 11.9 Å². The molecule has 84 valence electrons. The number of nitrogens with zero attached hydrogens (tertiary/aromatic N) is 2. The fourth-order valence-electron chi connectivity index (χ4n) is 2.37. The van der Waals surface area contributed by atoms with Crippen molar-refractivity contribution in [3.63, 3.8) is 0 Å². The van der Waals surface area contributed by atoms with Crippen molar-refractivity contribution in [2.75, 3.05) is 6.54 Å². The lowest BCUT2D eigenvalue weighted by molar-refractivity contribution is -0.140. The molecule has 0 radical (unpaired) electrons. The fraction of sp³-hybridized carbons (Fsp3) is 0.833. The van der Waals surface area contributed by atoms with Crippen molar-refractivity contribution in [1.29, 1.82) is 5.26 Å². The lowest BCUT2D eigenvalue weighted by Crippen LogP contribution is -2.45. The predicted octanol–water partition coefficient (Wildman–Crippen LogP) is 2.33. The number of carbonyl (C=O) groups is 1. The molecule has 15 heavy (non-hydrogen) atoms. The van der Waals surface area contributed by atoms with E-state index in [4.69, 9.17) is 0 Å². The summed E-state index contributed by atoms with van der Waals surface area (Å²) >= 11 is 0. The maximum Gasteiger partial charge on any atom is 0.243 e. The molecular formula is C12H20N2O. The number of hydrogen-bond donors (Lipinski definition) is 0. The van der Waals surface area contributed by atoms with Gasteiger partial charge >= 0.3 is 0 Å². The average Bonchev–Trinajstić information content (AvgIpc) is 2.67. The molecule has 0 aromatic carbocycles. The van der Waals surface area contributed by atoms with Crippen LogP contribution in [0.3, 0.4) is 0 Å².